The van der Waals surface area contributed by atoms with Crippen LogP contribution in [0, 0.1) is 5.92 Å². The predicted octanol–water partition coefficient (Wildman–Crippen LogP) is 2.83. The van der Waals surface area contributed by atoms with E-state index in [1.165, 1.54) is 19.4 Å². The molecule has 0 aliphatic rings. The van der Waals surface area contributed by atoms with Gasteiger partial charge in [0.15, 0.2) is 0 Å². The molecule has 0 aromatic rings. The van der Waals surface area contributed by atoms with Crippen molar-refractivity contribution in [3.63, 3.8) is 0 Å². The van der Waals surface area contributed by atoms with E-state index < -0.39 is 0 Å². The van der Waals surface area contributed by atoms with Gasteiger partial charge in [0.1, 0.15) is 0 Å². The van der Waals surface area contributed by atoms with Gasteiger partial charge in [-0.3, -0.25) is 0 Å². The Bertz CT molecular complexity index is 102. The third-order valence-corrected chi connectivity index (χ3v) is 2.58. The Labute approximate surface area is 89.4 Å². The van der Waals surface area contributed by atoms with Crippen molar-refractivity contribution in [3.05, 3.63) is 0 Å². The van der Waals surface area contributed by atoms with E-state index in [-0.39, 0.29) is 0 Å². The molecule has 0 spiro atoms. The van der Waals surface area contributed by atoms with E-state index in [1.54, 1.807) is 0 Å². The molecule has 0 aliphatic heterocycles. The summed E-state index contributed by atoms with van der Waals surface area (Å²) >= 11 is 0. The first-order valence-electron chi connectivity index (χ1n) is 6.13. The van der Waals surface area contributed by atoms with E-state index in [0.717, 1.165) is 38.5 Å². The van der Waals surface area contributed by atoms with Gasteiger partial charge < -0.3 is 10.1 Å². The summed E-state index contributed by atoms with van der Waals surface area (Å²) in [5.74, 6) is 0.853. The second-order valence-corrected chi connectivity index (χ2v) is 3.85. The monoisotopic (exact) mass is 201 g/mol. The first-order chi connectivity index (χ1) is 6.85. The third kappa shape index (κ3) is 8.52. The van der Waals surface area contributed by atoms with Crippen molar-refractivity contribution >= 4 is 0 Å². The molecule has 0 unspecified atom stereocenters. The molecule has 14 heavy (non-hydrogen) atoms. The van der Waals surface area contributed by atoms with Crippen molar-refractivity contribution in [2.75, 3.05) is 26.3 Å². The van der Waals surface area contributed by atoms with Gasteiger partial charge in [-0.2, -0.15) is 0 Å². The number of nitrogens with one attached hydrogen (secondary N) is 1. The lowest BCUT2D eigenvalue weighted by molar-refractivity contribution is 0.132. The molecule has 2 heteroatoms. The van der Waals surface area contributed by atoms with Crippen LogP contribution in [0.15, 0.2) is 0 Å². The van der Waals surface area contributed by atoms with Gasteiger partial charge >= 0.3 is 0 Å². The van der Waals surface area contributed by atoms with Crippen molar-refractivity contribution in [1.29, 1.82) is 0 Å². The quantitative estimate of drug-likeness (QED) is 0.549. The number of rotatable bonds is 10. The van der Waals surface area contributed by atoms with Crippen LogP contribution in [-0.2, 0) is 4.74 Å². The summed E-state index contributed by atoms with van der Waals surface area (Å²) in [4.78, 5) is 0. The molecule has 0 atom stereocenters. The molecule has 0 saturated heterocycles. The second-order valence-electron chi connectivity index (χ2n) is 3.85. The zero-order chi connectivity index (χ0) is 10.6. The highest BCUT2D eigenvalue weighted by molar-refractivity contribution is 4.58. The van der Waals surface area contributed by atoms with Gasteiger partial charge in [0, 0.05) is 13.2 Å². The van der Waals surface area contributed by atoms with Crippen molar-refractivity contribution in [1.82, 2.24) is 5.32 Å². The molecule has 2 nitrogen and oxygen atoms in total. The smallest absolute Gasteiger partial charge is 0.0478 e. The van der Waals surface area contributed by atoms with Crippen LogP contribution in [0.1, 0.15) is 46.5 Å². The van der Waals surface area contributed by atoms with Gasteiger partial charge in [-0.05, 0) is 31.8 Å². The van der Waals surface area contributed by atoms with Gasteiger partial charge in [-0.15, -0.1) is 0 Å². The minimum Gasteiger partial charge on any atom is -0.381 e. The molecule has 0 saturated carbocycles. The highest BCUT2D eigenvalue weighted by atomic mass is 16.5. The molecule has 86 valence electrons. The van der Waals surface area contributed by atoms with Crippen LogP contribution in [0.3, 0.4) is 0 Å². The van der Waals surface area contributed by atoms with Gasteiger partial charge in [0.05, 0.1) is 0 Å². The largest absolute Gasteiger partial charge is 0.381 e. The molecular weight excluding hydrogens is 174 g/mol. The van der Waals surface area contributed by atoms with E-state index in [0.29, 0.717) is 0 Å². The first kappa shape index (κ1) is 13.9. The van der Waals surface area contributed by atoms with Gasteiger partial charge in [-0.25, -0.2) is 0 Å². The van der Waals surface area contributed by atoms with Gasteiger partial charge in [-0.1, -0.05) is 33.6 Å². The summed E-state index contributed by atoms with van der Waals surface area (Å²) in [7, 11) is 0. The van der Waals surface area contributed by atoms with Crippen LogP contribution in [0.25, 0.3) is 0 Å². The third-order valence-electron chi connectivity index (χ3n) is 2.58. The molecule has 0 aliphatic carbocycles. The van der Waals surface area contributed by atoms with Crippen molar-refractivity contribution in [3.8, 4) is 0 Å². The van der Waals surface area contributed by atoms with Crippen LogP contribution in [-0.4, -0.2) is 26.3 Å². The maximum absolute atomic E-state index is 5.40. The summed E-state index contributed by atoms with van der Waals surface area (Å²) < 4.78 is 5.40. The van der Waals surface area contributed by atoms with E-state index in [2.05, 4.69) is 26.1 Å². The maximum atomic E-state index is 5.40. The fraction of sp³-hybridized carbons (Fsp3) is 1.00. The Morgan fingerprint density at radius 3 is 2.36 bits per heavy atom. The Morgan fingerprint density at radius 1 is 1.07 bits per heavy atom. The zero-order valence-electron chi connectivity index (χ0n) is 10.1. The molecule has 0 bridgehead atoms. The van der Waals surface area contributed by atoms with Crippen LogP contribution >= 0.6 is 0 Å². The van der Waals surface area contributed by atoms with Crippen molar-refractivity contribution in [2.24, 2.45) is 5.92 Å². The van der Waals surface area contributed by atoms with E-state index in [9.17, 15) is 0 Å². The van der Waals surface area contributed by atoms with E-state index in [4.69, 9.17) is 4.74 Å². The molecule has 0 aromatic carbocycles. The van der Waals surface area contributed by atoms with Gasteiger partial charge in [0.2, 0.25) is 0 Å². The molecule has 0 fully saturated rings. The molecule has 0 heterocycles. The summed E-state index contributed by atoms with van der Waals surface area (Å²) in [6.07, 6.45) is 4.84. The Kier molecular flexibility index (Phi) is 10.9. The summed E-state index contributed by atoms with van der Waals surface area (Å²) in [5, 5.41) is 3.48. The maximum Gasteiger partial charge on any atom is 0.0478 e. The minimum atomic E-state index is 0.853. The van der Waals surface area contributed by atoms with Gasteiger partial charge in [0.25, 0.3) is 0 Å². The number of ether oxygens (including phenoxy) is 1. The fourth-order valence-corrected chi connectivity index (χ4v) is 1.43. The van der Waals surface area contributed by atoms with Crippen LogP contribution in [0.4, 0.5) is 0 Å². The molecule has 0 amide bonds. The zero-order valence-corrected chi connectivity index (χ0v) is 10.1. The van der Waals surface area contributed by atoms with Crippen LogP contribution < -0.4 is 5.32 Å². The Morgan fingerprint density at radius 2 is 1.79 bits per heavy atom. The Balaban J connectivity index is 3.04. The predicted molar refractivity (Wildman–Crippen MR) is 62.7 cm³/mol. The molecule has 1 N–H and O–H groups in total. The Hall–Kier alpha value is -0.0800. The summed E-state index contributed by atoms with van der Waals surface area (Å²) in [5.41, 5.74) is 0. The lowest BCUT2D eigenvalue weighted by Gasteiger charge is -2.12. The average molecular weight is 201 g/mol. The summed E-state index contributed by atoms with van der Waals surface area (Å²) in [6, 6.07) is 0. The minimum absolute atomic E-state index is 0.853. The number of hydrogen-bond donors (Lipinski definition) is 1. The van der Waals surface area contributed by atoms with Crippen LogP contribution in [0.5, 0.6) is 0 Å². The highest BCUT2D eigenvalue weighted by Gasteiger charge is 2.01. The topological polar surface area (TPSA) is 21.3 Å². The molecule has 0 aromatic heterocycles. The lowest BCUT2D eigenvalue weighted by atomic mass is 10.0. The van der Waals surface area contributed by atoms with E-state index in [1.807, 2.05) is 0 Å². The molecule has 0 rings (SSSR count). The second kappa shape index (κ2) is 11.0. The van der Waals surface area contributed by atoms with Crippen molar-refractivity contribution < 1.29 is 4.74 Å². The number of hydrogen-bond acceptors (Lipinski definition) is 2. The normalized spacial score (nSPS) is 11.1. The molecule has 0 radical (unpaired) electrons. The van der Waals surface area contributed by atoms with Crippen LogP contribution in [0.2, 0.25) is 0 Å². The standard InChI is InChI=1S/C12H27NO/c1-4-9-14-10-7-8-13-11-12(5-2)6-3/h12-13H,4-11H2,1-3H3. The summed E-state index contributed by atoms with van der Waals surface area (Å²) in [6.45, 7) is 10.8. The molecular formula is C12H27NO. The SMILES string of the molecule is CCCOCCCNCC(CC)CC. The highest BCUT2D eigenvalue weighted by Crippen LogP contribution is 2.04. The lowest BCUT2D eigenvalue weighted by Crippen LogP contribution is -2.24. The van der Waals surface area contributed by atoms with Crippen molar-refractivity contribution in [2.45, 2.75) is 46.5 Å². The first-order valence-corrected chi connectivity index (χ1v) is 6.13. The fourth-order valence-electron chi connectivity index (χ4n) is 1.43. The van der Waals surface area contributed by atoms with E-state index >= 15 is 0 Å². The average Bonchev–Trinajstić information content (AvgIpc) is 2.22.